The summed E-state index contributed by atoms with van der Waals surface area (Å²) >= 11 is 0. The summed E-state index contributed by atoms with van der Waals surface area (Å²) in [6, 6.07) is 9.43. The molecular weight excluding hydrogens is 340 g/mol. The molecule has 0 aromatic heterocycles. The molecule has 0 radical (unpaired) electrons. The van der Waals surface area contributed by atoms with Gasteiger partial charge in [0.1, 0.15) is 0 Å². The van der Waals surface area contributed by atoms with Gasteiger partial charge in [-0.1, -0.05) is 44.2 Å². The van der Waals surface area contributed by atoms with E-state index in [1.807, 2.05) is 49.1 Å². The summed E-state index contributed by atoms with van der Waals surface area (Å²) in [6.07, 6.45) is 0. The standard InChI is InChI=1S/C18H28N4O2.ClH/c1-13(2)17(19)18(24)20-11-16(23)22-10-9-21(3)12-15(22)14-7-5-4-6-8-14;/h4-8,13,15,17H,9-12,19H2,1-3H3,(H,20,24);1H/t15?,17-;/m0./s1. The van der Waals surface area contributed by atoms with Crippen LogP contribution in [0.1, 0.15) is 25.5 Å². The minimum atomic E-state index is -0.588. The molecule has 1 aromatic rings. The average Bonchev–Trinajstić information content (AvgIpc) is 2.59. The summed E-state index contributed by atoms with van der Waals surface area (Å²) in [7, 11) is 2.06. The molecule has 7 heteroatoms. The highest BCUT2D eigenvalue weighted by molar-refractivity contribution is 5.87. The monoisotopic (exact) mass is 368 g/mol. The molecule has 2 rings (SSSR count). The third-order valence-corrected chi connectivity index (χ3v) is 4.52. The second-order valence-corrected chi connectivity index (χ2v) is 6.76. The Morgan fingerprint density at radius 2 is 1.88 bits per heavy atom. The molecule has 0 saturated carbocycles. The topological polar surface area (TPSA) is 78.7 Å². The minimum Gasteiger partial charge on any atom is -0.346 e. The Kier molecular flexibility index (Phi) is 8.35. The van der Waals surface area contributed by atoms with Crippen molar-refractivity contribution in [3.05, 3.63) is 35.9 Å². The zero-order chi connectivity index (χ0) is 17.7. The number of amides is 2. The molecule has 3 N–H and O–H groups in total. The van der Waals surface area contributed by atoms with Crippen LogP contribution in [0.25, 0.3) is 0 Å². The molecule has 6 nitrogen and oxygen atoms in total. The number of piperazine rings is 1. The molecule has 0 aliphatic carbocycles. The fourth-order valence-electron chi connectivity index (χ4n) is 2.86. The number of likely N-dealkylation sites (N-methyl/N-ethyl adjacent to an activating group) is 1. The van der Waals surface area contributed by atoms with E-state index in [4.69, 9.17) is 5.73 Å². The van der Waals surface area contributed by atoms with Crippen molar-refractivity contribution in [2.45, 2.75) is 25.9 Å². The molecule has 2 atom stereocenters. The van der Waals surface area contributed by atoms with E-state index >= 15 is 0 Å². The highest BCUT2D eigenvalue weighted by Crippen LogP contribution is 2.24. The first kappa shape index (κ1) is 21.4. The number of rotatable bonds is 5. The summed E-state index contributed by atoms with van der Waals surface area (Å²) < 4.78 is 0. The number of carbonyl (C=O) groups excluding carboxylic acids is 2. The van der Waals surface area contributed by atoms with E-state index in [2.05, 4.69) is 17.3 Å². The van der Waals surface area contributed by atoms with Crippen molar-refractivity contribution < 1.29 is 9.59 Å². The maximum absolute atomic E-state index is 12.6. The number of halogens is 1. The van der Waals surface area contributed by atoms with Crippen LogP contribution in [0.4, 0.5) is 0 Å². The van der Waals surface area contributed by atoms with Gasteiger partial charge in [0.2, 0.25) is 11.8 Å². The first-order valence-corrected chi connectivity index (χ1v) is 8.46. The maximum atomic E-state index is 12.6. The van der Waals surface area contributed by atoms with Gasteiger partial charge < -0.3 is 20.9 Å². The lowest BCUT2D eigenvalue weighted by Gasteiger charge is -2.40. The number of hydrogen-bond donors (Lipinski definition) is 2. The first-order chi connectivity index (χ1) is 11.4. The van der Waals surface area contributed by atoms with Crippen LogP contribution in [0.5, 0.6) is 0 Å². The van der Waals surface area contributed by atoms with Gasteiger partial charge in [-0.25, -0.2) is 0 Å². The SMILES string of the molecule is CC(C)[C@H](N)C(=O)NCC(=O)N1CCN(C)CC1c1ccccc1.Cl. The van der Waals surface area contributed by atoms with Gasteiger partial charge >= 0.3 is 0 Å². The number of hydrogen-bond acceptors (Lipinski definition) is 4. The van der Waals surface area contributed by atoms with Crippen LogP contribution in [-0.2, 0) is 9.59 Å². The molecule has 1 heterocycles. The number of nitrogens with two attached hydrogens (primary N) is 1. The third-order valence-electron chi connectivity index (χ3n) is 4.52. The van der Waals surface area contributed by atoms with Gasteiger partial charge in [0.15, 0.2) is 0 Å². The Labute approximate surface area is 156 Å². The summed E-state index contributed by atoms with van der Waals surface area (Å²) in [5, 5.41) is 2.68. The number of nitrogens with zero attached hydrogens (tertiary/aromatic N) is 2. The molecule has 2 amide bonds. The van der Waals surface area contributed by atoms with E-state index < -0.39 is 6.04 Å². The lowest BCUT2D eigenvalue weighted by Crippen LogP contribution is -2.53. The Hall–Kier alpha value is -1.63. The van der Waals surface area contributed by atoms with Crippen molar-refractivity contribution in [2.75, 3.05) is 33.2 Å². The van der Waals surface area contributed by atoms with Crippen LogP contribution in [0.15, 0.2) is 30.3 Å². The number of carbonyl (C=O) groups is 2. The predicted octanol–water partition coefficient (Wildman–Crippen LogP) is 1.02. The molecule has 1 unspecified atom stereocenters. The van der Waals surface area contributed by atoms with Crippen LogP contribution < -0.4 is 11.1 Å². The number of nitrogens with one attached hydrogen (secondary N) is 1. The Morgan fingerprint density at radius 1 is 1.24 bits per heavy atom. The van der Waals surface area contributed by atoms with Crippen molar-refractivity contribution in [1.29, 1.82) is 0 Å². The highest BCUT2D eigenvalue weighted by Gasteiger charge is 2.30. The predicted molar refractivity (Wildman–Crippen MR) is 101 cm³/mol. The molecule has 1 aliphatic rings. The van der Waals surface area contributed by atoms with Gasteiger partial charge in [-0.15, -0.1) is 12.4 Å². The summed E-state index contributed by atoms with van der Waals surface area (Å²) in [5.41, 5.74) is 6.93. The van der Waals surface area contributed by atoms with Crippen LogP contribution in [0.3, 0.4) is 0 Å². The van der Waals surface area contributed by atoms with Crippen molar-refractivity contribution in [1.82, 2.24) is 15.1 Å². The van der Waals surface area contributed by atoms with Crippen molar-refractivity contribution >= 4 is 24.2 Å². The highest BCUT2D eigenvalue weighted by atomic mass is 35.5. The van der Waals surface area contributed by atoms with Crippen LogP contribution in [0, 0.1) is 5.92 Å². The largest absolute Gasteiger partial charge is 0.346 e. The molecule has 1 saturated heterocycles. The molecule has 140 valence electrons. The zero-order valence-electron chi connectivity index (χ0n) is 15.1. The molecule has 0 bridgehead atoms. The van der Waals surface area contributed by atoms with E-state index in [9.17, 15) is 9.59 Å². The maximum Gasteiger partial charge on any atom is 0.242 e. The van der Waals surface area contributed by atoms with Gasteiger partial charge in [-0.3, -0.25) is 9.59 Å². The Morgan fingerprint density at radius 3 is 2.48 bits per heavy atom. The molecule has 1 aromatic carbocycles. The summed E-state index contributed by atoms with van der Waals surface area (Å²) in [5.74, 6) is -0.300. The Bertz CT molecular complexity index is 567. The van der Waals surface area contributed by atoms with Gasteiger partial charge in [0.05, 0.1) is 18.6 Å². The van der Waals surface area contributed by atoms with E-state index in [0.717, 1.165) is 18.7 Å². The smallest absolute Gasteiger partial charge is 0.242 e. The molecule has 1 aliphatic heterocycles. The summed E-state index contributed by atoms with van der Waals surface area (Å²) in [6.45, 7) is 6.03. The average molecular weight is 369 g/mol. The lowest BCUT2D eigenvalue weighted by atomic mass is 10.0. The van der Waals surface area contributed by atoms with E-state index in [0.29, 0.717) is 6.54 Å². The van der Waals surface area contributed by atoms with Gasteiger partial charge in [-0.05, 0) is 18.5 Å². The lowest BCUT2D eigenvalue weighted by molar-refractivity contribution is -0.137. The zero-order valence-corrected chi connectivity index (χ0v) is 16.0. The fourth-order valence-corrected chi connectivity index (χ4v) is 2.86. The van der Waals surface area contributed by atoms with Crippen molar-refractivity contribution in [2.24, 2.45) is 11.7 Å². The van der Waals surface area contributed by atoms with E-state index in [1.165, 1.54) is 0 Å². The second kappa shape index (κ2) is 9.75. The second-order valence-electron chi connectivity index (χ2n) is 6.76. The molecular formula is C18H29ClN4O2. The van der Waals surface area contributed by atoms with E-state index in [-0.39, 0.29) is 42.7 Å². The molecule has 1 fully saturated rings. The Balaban J connectivity index is 0.00000312. The normalized spacial score (nSPS) is 19.2. The van der Waals surface area contributed by atoms with E-state index in [1.54, 1.807) is 0 Å². The van der Waals surface area contributed by atoms with Crippen LogP contribution >= 0.6 is 12.4 Å². The number of benzene rings is 1. The van der Waals surface area contributed by atoms with Crippen molar-refractivity contribution in [3.63, 3.8) is 0 Å². The van der Waals surface area contributed by atoms with Crippen LogP contribution in [0.2, 0.25) is 0 Å². The molecule has 25 heavy (non-hydrogen) atoms. The minimum absolute atomic E-state index is 0. The van der Waals surface area contributed by atoms with Gasteiger partial charge in [0.25, 0.3) is 0 Å². The first-order valence-electron chi connectivity index (χ1n) is 8.46. The van der Waals surface area contributed by atoms with Crippen LogP contribution in [-0.4, -0.2) is 60.9 Å². The third kappa shape index (κ3) is 5.70. The quantitative estimate of drug-likeness (QED) is 0.813. The van der Waals surface area contributed by atoms with Gasteiger partial charge in [-0.2, -0.15) is 0 Å². The van der Waals surface area contributed by atoms with Crippen molar-refractivity contribution in [3.8, 4) is 0 Å². The van der Waals surface area contributed by atoms with Gasteiger partial charge in [0, 0.05) is 19.6 Å². The molecule has 0 spiro atoms. The summed E-state index contributed by atoms with van der Waals surface area (Å²) in [4.78, 5) is 28.7. The fraction of sp³-hybridized carbons (Fsp3) is 0.556.